The summed E-state index contributed by atoms with van der Waals surface area (Å²) in [5, 5.41) is 6.52. The highest BCUT2D eigenvalue weighted by Crippen LogP contribution is 2.31. The van der Waals surface area contributed by atoms with Gasteiger partial charge in [0.15, 0.2) is 0 Å². The summed E-state index contributed by atoms with van der Waals surface area (Å²) in [6.07, 6.45) is 5.64. The van der Waals surface area contributed by atoms with Gasteiger partial charge in [-0.15, -0.1) is 11.3 Å². The van der Waals surface area contributed by atoms with Crippen LogP contribution < -0.4 is 10.6 Å². The van der Waals surface area contributed by atoms with Crippen LogP contribution in [0.25, 0.3) is 0 Å². The molecule has 4 nitrogen and oxygen atoms in total. The maximum absolute atomic E-state index is 12.4. The van der Waals surface area contributed by atoms with Crippen molar-refractivity contribution in [3.63, 3.8) is 0 Å². The van der Waals surface area contributed by atoms with Crippen LogP contribution in [0.5, 0.6) is 0 Å². The van der Waals surface area contributed by atoms with E-state index in [-0.39, 0.29) is 11.3 Å². The van der Waals surface area contributed by atoms with Gasteiger partial charge < -0.3 is 15.4 Å². The summed E-state index contributed by atoms with van der Waals surface area (Å²) in [6, 6.07) is 2.09. The molecule has 1 fully saturated rings. The van der Waals surface area contributed by atoms with Gasteiger partial charge in [-0.3, -0.25) is 4.79 Å². The van der Waals surface area contributed by atoms with Crippen molar-refractivity contribution in [3.05, 3.63) is 21.4 Å². The number of aryl methyl sites for hydroxylation is 2. The average Bonchev–Trinajstić information content (AvgIpc) is 3.07. The van der Waals surface area contributed by atoms with Gasteiger partial charge in [-0.2, -0.15) is 0 Å². The average molecular weight is 308 g/mol. The number of ether oxygens (including phenoxy) is 1. The third-order valence-corrected chi connectivity index (χ3v) is 5.94. The Bertz CT molecular complexity index is 479. The Balaban J connectivity index is 1.60. The van der Waals surface area contributed by atoms with Crippen molar-refractivity contribution in [3.8, 4) is 0 Å². The Labute approximate surface area is 130 Å². The zero-order valence-corrected chi connectivity index (χ0v) is 13.5. The molecule has 1 saturated heterocycles. The minimum Gasteiger partial charge on any atom is -0.384 e. The van der Waals surface area contributed by atoms with E-state index in [1.54, 1.807) is 18.4 Å². The molecular formula is C16H24N2O2S. The number of methoxy groups -OCH3 is 1. The minimum atomic E-state index is 0.0865. The minimum absolute atomic E-state index is 0.0865. The van der Waals surface area contributed by atoms with E-state index in [1.807, 2.05) is 0 Å². The summed E-state index contributed by atoms with van der Waals surface area (Å²) in [5.74, 6) is 0.0865. The standard InChI is InChI=1S/C16H24N2O2S/c1-20-11-16(5-7-17-8-6-16)10-18-15(19)14-9-12-3-2-4-13(12)21-14/h9,17H,2-8,10-11H2,1H3,(H,18,19). The molecule has 0 radical (unpaired) electrons. The fourth-order valence-corrected chi connectivity index (χ4v) is 4.60. The molecule has 0 spiro atoms. The second kappa shape index (κ2) is 6.46. The summed E-state index contributed by atoms with van der Waals surface area (Å²) >= 11 is 1.67. The van der Waals surface area contributed by atoms with E-state index in [4.69, 9.17) is 4.74 Å². The lowest BCUT2D eigenvalue weighted by Gasteiger charge is -2.37. The van der Waals surface area contributed by atoms with Gasteiger partial charge in [0.1, 0.15) is 0 Å². The number of piperidine rings is 1. The van der Waals surface area contributed by atoms with Crippen molar-refractivity contribution in [2.45, 2.75) is 32.1 Å². The van der Waals surface area contributed by atoms with Crippen LogP contribution in [0.4, 0.5) is 0 Å². The number of thiophene rings is 1. The van der Waals surface area contributed by atoms with E-state index in [0.717, 1.165) is 50.3 Å². The Hall–Kier alpha value is -0.910. The molecule has 0 atom stereocenters. The quantitative estimate of drug-likeness (QED) is 0.874. The first-order valence-electron chi connectivity index (χ1n) is 7.82. The monoisotopic (exact) mass is 308 g/mol. The van der Waals surface area contributed by atoms with E-state index in [9.17, 15) is 4.79 Å². The summed E-state index contributed by atoms with van der Waals surface area (Å²) < 4.78 is 5.40. The summed E-state index contributed by atoms with van der Waals surface area (Å²) in [6.45, 7) is 3.44. The first-order chi connectivity index (χ1) is 10.2. The van der Waals surface area contributed by atoms with E-state index >= 15 is 0 Å². The molecule has 5 heteroatoms. The number of nitrogens with one attached hydrogen (secondary N) is 2. The van der Waals surface area contributed by atoms with Crippen molar-refractivity contribution in [1.82, 2.24) is 10.6 Å². The molecule has 3 rings (SSSR count). The first-order valence-corrected chi connectivity index (χ1v) is 8.64. The van der Waals surface area contributed by atoms with Gasteiger partial charge in [-0.25, -0.2) is 0 Å². The number of amides is 1. The topological polar surface area (TPSA) is 50.4 Å². The van der Waals surface area contributed by atoms with Crippen LogP contribution in [0.15, 0.2) is 6.07 Å². The maximum atomic E-state index is 12.4. The molecule has 0 unspecified atom stereocenters. The third kappa shape index (κ3) is 3.30. The van der Waals surface area contributed by atoms with Gasteiger partial charge in [0.2, 0.25) is 0 Å². The van der Waals surface area contributed by atoms with Crippen LogP contribution >= 0.6 is 11.3 Å². The van der Waals surface area contributed by atoms with Crippen LogP contribution in [-0.2, 0) is 17.6 Å². The largest absolute Gasteiger partial charge is 0.384 e. The van der Waals surface area contributed by atoms with Crippen molar-refractivity contribution in [2.24, 2.45) is 5.41 Å². The highest BCUT2D eigenvalue weighted by molar-refractivity contribution is 7.14. The summed E-state index contributed by atoms with van der Waals surface area (Å²) in [4.78, 5) is 14.7. The Morgan fingerprint density at radius 2 is 2.24 bits per heavy atom. The molecule has 0 saturated carbocycles. The van der Waals surface area contributed by atoms with Gasteiger partial charge in [-0.05, 0) is 56.8 Å². The summed E-state index contributed by atoms with van der Waals surface area (Å²) in [7, 11) is 1.75. The third-order valence-electron chi connectivity index (χ3n) is 4.71. The highest BCUT2D eigenvalue weighted by Gasteiger charge is 2.32. The number of fused-ring (bicyclic) bond motifs is 1. The predicted molar refractivity (Wildman–Crippen MR) is 85.1 cm³/mol. The smallest absolute Gasteiger partial charge is 0.261 e. The Morgan fingerprint density at radius 3 is 2.95 bits per heavy atom. The molecule has 2 N–H and O–H groups in total. The molecule has 21 heavy (non-hydrogen) atoms. The lowest BCUT2D eigenvalue weighted by molar-refractivity contribution is 0.0512. The second-order valence-corrected chi connectivity index (χ2v) is 7.42. The highest BCUT2D eigenvalue weighted by atomic mass is 32.1. The molecular weight excluding hydrogens is 284 g/mol. The number of hydrogen-bond donors (Lipinski definition) is 2. The van der Waals surface area contributed by atoms with Crippen LogP contribution in [0, 0.1) is 5.41 Å². The van der Waals surface area contributed by atoms with Crippen molar-refractivity contribution in [2.75, 3.05) is 33.4 Å². The number of carbonyl (C=O) groups is 1. The van der Waals surface area contributed by atoms with Gasteiger partial charge in [0, 0.05) is 23.9 Å². The van der Waals surface area contributed by atoms with E-state index in [1.165, 1.54) is 16.9 Å². The molecule has 2 aliphatic rings. The van der Waals surface area contributed by atoms with Crippen molar-refractivity contribution >= 4 is 17.2 Å². The lowest BCUT2D eigenvalue weighted by Crippen LogP contribution is -2.47. The maximum Gasteiger partial charge on any atom is 0.261 e. The lowest BCUT2D eigenvalue weighted by atomic mass is 9.79. The molecule has 1 aliphatic heterocycles. The van der Waals surface area contributed by atoms with Gasteiger partial charge in [-0.1, -0.05) is 0 Å². The van der Waals surface area contributed by atoms with E-state index < -0.39 is 0 Å². The number of carbonyl (C=O) groups excluding carboxylic acids is 1. The molecule has 0 aromatic carbocycles. The molecule has 1 amide bonds. The Kier molecular flexibility index (Phi) is 4.62. The molecule has 1 aliphatic carbocycles. The molecule has 2 heterocycles. The fourth-order valence-electron chi connectivity index (χ4n) is 3.43. The SMILES string of the molecule is COCC1(CNC(=O)c2cc3c(s2)CCC3)CCNCC1. The van der Waals surface area contributed by atoms with E-state index in [2.05, 4.69) is 16.7 Å². The van der Waals surface area contributed by atoms with Crippen LogP contribution in [0.2, 0.25) is 0 Å². The number of rotatable bonds is 5. The second-order valence-electron chi connectivity index (χ2n) is 6.28. The van der Waals surface area contributed by atoms with Gasteiger partial charge in [0.05, 0.1) is 11.5 Å². The van der Waals surface area contributed by atoms with Crippen molar-refractivity contribution < 1.29 is 9.53 Å². The van der Waals surface area contributed by atoms with E-state index in [0.29, 0.717) is 6.54 Å². The normalized spacial score (nSPS) is 20.2. The predicted octanol–water partition coefficient (Wildman–Crippen LogP) is 1.98. The van der Waals surface area contributed by atoms with Gasteiger partial charge >= 0.3 is 0 Å². The zero-order valence-electron chi connectivity index (χ0n) is 12.7. The van der Waals surface area contributed by atoms with Crippen LogP contribution in [-0.4, -0.2) is 39.3 Å². The van der Waals surface area contributed by atoms with Crippen molar-refractivity contribution in [1.29, 1.82) is 0 Å². The molecule has 0 bridgehead atoms. The molecule has 1 aromatic rings. The fraction of sp³-hybridized carbons (Fsp3) is 0.688. The molecule has 116 valence electrons. The van der Waals surface area contributed by atoms with Gasteiger partial charge in [0.25, 0.3) is 5.91 Å². The van der Waals surface area contributed by atoms with Crippen LogP contribution in [0.1, 0.15) is 39.4 Å². The first kappa shape index (κ1) is 15.0. The zero-order chi connectivity index (χ0) is 14.7. The Morgan fingerprint density at radius 1 is 1.43 bits per heavy atom. The number of hydrogen-bond acceptors (Lipinski definition) is 4. The van der Waals surface area contributed by atoms with Crippen LogP contribution in [0.3, 0.4) is 0 Å². The molecule has 1 aromatic heterocycles. The summed E-state index contributed by atoms with van der Waals surface area (Å²) in [5.41, 5.74) is 1.48.